The first-order valence-electron chi connectivity index (χ1n) is 30.2. The number of aromatic nitrogens is 6. The van der Waals surface area contributed by atoms with Gasteiger partial charge in [0.15, 0.2) is 5.78 Å². The summed E-state index contributed by atoms with van der Waals surface area (Å²) in [5, 5.41) is 12.4. The van der Waals surface area contributed by atoms with Crippen LogP contribution in [0.25, 0.3) is 0 Å². The van der Waals surface area contributed by atoms with Crippen LogP contribution in [-0.2, 0) is 65.0 Å². The second-order valence-electron chi connectivity index (χ2n) is 22.6. The van der Waals surface area contributed by atoms with Crippen LogP contribution in [0.2, 0.25) is 0 Å². The molecular formula is C68H73F2N9O10S2. The van der Waals surface area contributed by atoms with E-state index in [0.717, 1.165) is 61.4 Å². The van der Waals surface area contributed by atoms with E-state index in [2.05, 4.69) is 59.5 Å². The summed E-state index contributed by atoms with van der Waals surface area (Å²) < 4.78 is 92.3. The number of carbonyl (C=O) groups excluding carboxylic acids is 3. The molecule has 0 saturated carbocycles. The van der Waals surface area contributed by atoms with Crippen LogP contribution in [0.3, 0.4) is 0 Å². The molecule has 3 saturated heterocycles. The molecule has 0 bridgehead atoms. The van der Waals surface area contributed by atoms with Gasteiger partial charge in [0, 0.05) is 98.9 Å². The smallest absolute Gasteiger partial charge is 0.341 e. The minimum atomic E-state index is -3.81. The third-order valence-electron chi connectivity index (χ3n) is 17.0. The summed E-state index contributed by atoms with van der Waals surface area (Å²) in [6, 6.07) is 40.5. The number of aliphatic hydroxyl groups excluding tert-OH is 1. The summed E-state index contributed by atoms with van der Waals surface area (Å²) in [5.74, 6) is -0.587. The number of ether oxygens (including phenoxy) is 2. The van der Waals surface area contributed by atoms with Crippen molar-refractivity contribution in [2.45, 2.75) is 97.7 Å². The second kappa shape index (κ2) is 30.6. The van der Waals surface area contributed by atoms with Crippen LogP contribution in [0.1, 0.15) is 118 Å². The van der Waals surface area contributed by atoms with Gasteiger partial charge in [0.25, 0.3) is 0 Å². The number of hydrogen-bond acceptors (Lipinski definition) is 17. The zero-order valence-corrected chi connectivity index (χ0v) is 52.4. The molecule has 0 spiro atoms. The topological polar surface area (TPSA) is 254 Å². The van der Waals surface area contributed by atoms with Crippen LogP contribution in [0, 0.1) is 11.6 Å². The minimum Gasteiger partial charge on any atom is -0.462 e. The van der Waals surface area contributed by atoms with Crippen LogP contribution in [0.5, 0.6) is 0 Å². The highest BCUT2D eigenvalue weighted by Crippen LogP contribution is 2.42. The Kier molecular flexibility index (Phi) is 22.5. The van der Waals surface area contributed by atoms with Crippen molar-refractivity contribution in [2.75, 3.05) is 59.1 Å². The number of sulfonamides is 2. The average molecular weight is 1280 g/mol. The van der Waals surface area contributed by atoms with Gasteiger partial charge in [-0.05, 0) is 119 Å². The van der Waals surface area contributed by atoms with E-state index in [1.165, 1.54) is 75.4 Å². The molecule has 0 atom stereocenters. The van der Waals surface area contributed by atoms with Gasteiger partial charge < -0.3 is 19.9 Å². The Bertz CT molecular complexity index is 3940. The first-order chi connectivity index (χ1) is 43.9. The number of nitrogens with one attached hydrogen (secondary N) is 1. The predicted octanol–water partition coefficient (Wildman–Crippen LogP) is 9.03. The molecule has 0 aliphatic carbocycles. The molecule has 19 nitrogen and oxygen atoms in total. The van der Waals surface area contributed by atoms with Gasteiger partial charge in [-0.1, -0.05) is 103 Å². The minimum absolute atomic E-state index is 0.0439. The SMILES string of the molecule is CCOC(=O)c1cnc(CC2(c3ccccc3)CCN(S(=O)(=O)c3cccc(F)c3)CC2)nc1.CCOC(=O)c1cnc(CC2(c3ccccc3)CCNCC2)nc1.O=C(CO)c1cnc(CC2(c3ccccc3)CCN(S(=O)(=O)c3cccc(F)c3)CC2)nc1. The van der Waals surface area contributed by atoms with E-state index in [-0.39, 0.29) is 70.5 Å². The molecule has 3 aliphatic heterocycles. The maximum absolute atomic E-state index is 13.6. The van der Waals surface area contributed by atoms with Gasteiger partial charge in [-0.2, -0.15) is 8.61 Å². The molecule has 11 rings (SSSR count). The summed E-state index contributed by atoms with van der Waals surface area (Å²) in [6.45, 7) is 6.65. The number of Topliss-reactive ketones (excluding diaryl/α,β-unsaturated/α-hetero) is 1. The predicted molar refractivity (Wildman–Crippen MR) is 336 cm³/mol. The Morgan fingerprint density at radius 3 is 1.10 bits per heavy atom. The van der Waals surface area contributed by atoms with E-state index < -0.39 is 55.5 Å². The highest BCUT2D eigenvalue weighted by Gasteiger charge is 2.43. The fraction of sp³-hybridized carbons (Fsp3) is 0.338. The maximum Gasteiger partial charge on any atom is 0.341 e. The first kappa shape index (κ1) is 67.0. The molecule has 3 fully saturated rings. The van der Waals surface area contributed by atoms with Gasteiger partial charge in [0.05, 0.1) is 39.7 Å². The van der Waals surface area contributed by atoms with E-state index >= 15 is 0 Å². The molecule has 0 radical (unpaired) electrons. The van der Waals surface area contributed by atoms with Gasteiger partial charge in [-0.15, -0.1) is 0 Å². The lowest BCUT2D eigenvalue weighted by atomic mass is 9.70. The molecule has 3 aromatic heterocycles. The third-order valence-corrected chi connectivity index (χ3v) is 20.8. The number of carbonyl (C=O) groups is 3. The van der Waals surface area contributed by atoms with Crippen molar-refractivity contribution in [3.05, 3.63) is 239 Å². The standard InChI is InChI=1S/C25H26FN3O4S.C24H24FN3O4S.C19H23N3O2/c1-2-33-24(30)19-17-27-23(28-18-19)16-25(20-7-4-3-5-8-20)11-13-29(14-12-25)34(31,32)22-10-6-9-21(26)15-22;25-20-7-4-8-21(13-20)33(31,32)28-11-9-24(10-12-28,19-5-2-1-3-6-19)14-23-26-15-18(16-27-23)22(30)17-29;1-2-24-18(23)15-13-21-17(22-14-15)12-19(8-10-20-11-9-19)16-6-4-3-5-7-16/h3-10,15,17-18H,2,11-14,16H2,1H3;1-8,13,15-16,29H,9-12,14,17H2;3-7,13-14,20H,2,8-12H2,1H3. The van der Waals surface area contributed by atoms with E-state index in [9.17, 15) is 40.0 Å². The number of ketones is 1. The fourth-order valence-electron chi connectivity index (χ4n) is 12.0. The molecule has 23 heteroatoms. The van der Waals surface area contributed by atoms with Gasteiger partial charge >= 0.3 is 11.9 Å². The molecule has 3 aliphatic rings. The van der Waals surface area contributed by atoms with Gasteiger partial charge in [0.1, 0.15) is 35.7 Å². The Morgan fingerprint density at radius 1 is 0.473 bits per heavy atom. The molecule has 0 amide bonds. The second-order valence-corrected chi connectivity index (χ2v) is 26.5. The highest BCUT2D eigenvalue weighted by molar-refractivity contribution is 7.89. The van der Waals surface area contributed by atoms with Crippen molar-refractivity contribution < 1.29 is 54.6 Å². The van der Waals surface area contributed by atoms with Crippen molar-refractivity contribution in [2.24, 2.45) is 0 Å². The van der Waals surface area contributed by atoms with Crippen LogP contribution >= 0.6 is 0 Å². The molecule has 8 aromatic rings. The van der Waals surface area contributed by atoms with E-state index in [4.69, 9.17) is 14.6 Å². The average Bonchev–Trinajstić information content (AvgIpc) is 0.943. The van der Waals surface area contributed by atoms with E-state index in [1.54, 1.807) is 26.2 Å². The summed E-state index contributed by atoms with van der Waals surface area (Å²) in [4.78, 5) is 61.4. The lowest BCUT2D eigenvalue weighted by molar-refractivity contribution is 0.0515. The number of rotatable bonds is 19. The van der Waals surface area contributed by atoms with E-state index in [1.807, 2.05) is 66.7 Å². The molecular weight excluding hydrogens is 1200 g/mol. The van der Waals surface area contributed by atoms with Crippen LogP contribution in [0.15, 0.2) is 186 Å². The number of halogens is 2. The Morgan fingerprint density at radius 2 is 0.791 bits per heavy atom. The van der Waals surface area contributed by atoms with Gasteiger partial charge in [0.2, 0.25) is 20.0 Å². The summed E-state index contributed by atoms with van der Waals surface area (Å²) in [7, 11) is -7.61. The fourth-order valence-corrected chi connectivity index (χ4v) is 14.9. The van der Waals surface area contributed by atoms with E-state index in [0.29, 0.717) is 62.3 Å². The van der Waals surface area contributed by atoms with Crippen LogP contribution in [-0.4, -0.2) is 137 Å². The number of benzene rings is 5. The Hall–Kier alpha value is -8.45. The lowest BCUT2D eigenvalue weighted by Crippen LogP contribution is -2.46. The van der Waals surface area contributed by atoms with Crippen LogP contribution < -0.4 is 5.32 Å². The monoisotopic (exact) mass is 1280 g/mol. The number of piperidine rings is 3. The Balaban J connectivity index is 0.000000164. The quantitative estimate of drug-likeness (QED) is 0.0565. The molecule has 91 heavy (non-hydrogen) atoms. The Labute approximate surface area is 529 Å². The maximum atomic E-state index is 13.6. The van der Waals surface area contributed by atoms with Gasteiger partial charge in [-0.3, -0.25) is 4.79 Å². The zero-order valence-electron chi connectivity index (χ0n) is 50.7. The summed E-state index contributed by atoms with van der Waals surface area (Å²) >= 11 is 0. The number of hydrogen-bond donors (Lipinski definition) is 2. The largest absolute Gasteiger partial charge is 0.462 e. The molecule has 476 valence electrons. The van der Waals surface area contributed by atoms with Crippen LogP contribution in [0.4, 0.5) is 8.78 Å². The number of nitrogens with zero attached hydrogens (tertiary/aromatic N) is 8. The highest BCUT2D eigenvalue weighted by atomic mass is 32.2. The summed E-state index contributed by atoms with van der Waals surface area (Å²) in [6.07, 6.45) is 14.9. The van der Waals surface area contributed by atoms with Crippen molar-refractivity contribution in [3.8, 4) is 0 Å². The molecule has 2 N–H and O–H groups in total. The number of aliphatic hydroxyl groups is 1. The molecule has 5 aromatic carbocycles. The molecule has 6 heterocycles. The van der Waals surface area contributed by atoms with Crippen molar-refractivity contribution in [1.29, 1.82) is 0 Å². The van der Waals surface area contributed by atoms with Crippen molar-refractivity contribution in [1.82, 2.24) is 43.8 Å². The third kappa shape index (κ3) is 16.6. The lowest BCUT2D eigenvalue weighted by Gasteiger charge is -2.41. The molecule has 0 unspecified atom stereocenters. The summed E-state index contributed by atoms with van der Waals surface area (Å²) in [5.41, 5.74) is 3.70. The first-order valence-corrected chi connectivity index (χ1v) is 33.1. The van der Waals surface area contributed by atoms with Crippen molar-refractivity contribution >= 4 is 37.8 Å². The van der Waals surface area contributed by atoms with Gasteiger partial charge in [-0.25, -0.2) is 65.1 Å². The number of esters is 2. The van der Waals surface area contributed by atoms with Crippen molar-refractivity contribution in [3.63, 3.8) is 0 Å². The normalized spacial score (nSPS) is 16.4. The zero-order chi connectivity index (χ0) is 64.5.